The molecular formula is C9H15NO3S. The van der Waals surface area contributed by atoms with Crippen molar-refractivity contribution >= 4 is 24.1 Å². The van der Waals surface area contributed by atoms with Crippen LogP contribution in [0.4, 0.5) is 0 Å². The summed E-state index contributed by atoms with van der Waals surface area (Å²) in [6.07, 6.45) is 4.29. The van der Waals surface area contributed by atoms with Crippen LogP contribution in [-0.4, -0.2) is 35.0 Å². The number of aliphatic carboxylic acids is 1. The number of carboxylic acids is 1. The second-order valence-electron chi connectivity index (χ2n) is 3.51. The lowest BCUT2D eigenvalue weighted by Crippen LogP contribution is -2.38. The highest BCUT2D eigenvalue weighted by molar-refractivity contribution is 7.99. The van der Waals surface area contributed by atoms with E-state index in [0.717, 1.165) is 11.7 Å². The van der Waals surface area contributed by atoms with Gasteiger partial charge in [-0.15, -0.1) is 0 Å². The fourth-order valence-corrected chi connectivity index (χ4v) is 2.56. The minimum Gasteiger partial charge on any atom is -0.480 e. The standard InChI is InChI=1S/C9H15NO3S/c11-6-10-8(9(12)13)5-14-4-7-2-1-3-7/h6-8H,1-5H2,(H,10,11)(H,12,13). The lowest BCUT2D eigenvalue weighted by molar-refractivity contribution is -0.139. The summed E-state index contributed by atoms with van der Waals surface area (Å²) in [6, 6.07) is -0.738. The molecule has 0 saturated heterocycles. The van der Waals surface area contributed by atoms with Crippen LogP contribution < -0.4 is 5.32 Å². The van der Waals surface area contributed by atoms with E-state index in [0.29, 0.717) is 12.2 Å². The average molecular weight is 217 g/mol. The Bertz CT molecular complexity index is 206. The van der Waals surface area contributed by atoms with Crippen molar-refractivity contribution in [2.75, 3.05) is 11.5 Å². The fraction of sp³-hybridized carbons (Fsp3) is 0.778. The van der Waals surface area contributed by atoms with Crippen LogP contribution in [0, 0.1) is 5.92 Å². The number of carboxylic acid groups (broad SMARTS) is 1. The van der Waals surface area contributed by atoms with E-state index in [9.17, 15) is 9.59 Å². The largest absolute Gasteiger partial charge is 0.480 e. The molecular weight excluding hydrogens is 202 g/mol. The van der Waals surface area contributed by atoms with Gasteiger partial charge in [-0.1, -0.05) is 6.42 Å². The number of carbonyl (C=O) groups excluding carboxylic acids is 1. The predicted molar refractivity (Wildman–Crippen MR) is 55.3 cm³/mol. The summed E-state index contributed by atoms with van der Waals surface area (Å²) in [6.45, 7) is 0. The molecule has 0 aromatic rings. The lowest BCUT2D eigenvalue weighted by atomic mass is 9.87. The summed E-state index contributed by atoms with van der Waals surface area (Å²) >= 11 is 1.61. The number of hydrogen-bond donors (Lipinski definition) is 2. The van der Waals surface area contributed by atoms with Crippen molar-refractivity contribution in [1.82, 2.24) is 5.32 Å². The van der Waals surface area contributed by atoms with Crippen molar-refractivity contribution in [3.8, 4) is 0 Å². The average Bonchev–Trinajstić information content (AvgIpc) is 2.06. The Labute approximate surface area is 87.4 Å². The van der Waals surface area contributed by atoms with E-state index in [-0.39, 0.29) is 0 Å². The van der Waals surface area contributed by atoms with Crippen LogP contribution >= 0.6 is 11.8 Å². The Kier molecular flexibility index (Phi) is 4.79. The molecule has 1 rings (SSSR count). The third kappa shape index (κ3) is 3.57. The molecule has 14 heavy (non-hydrogen) atoms. The maximum Gasteiger partial charge on any atom is 0.327 e. The molecule has 1 amide bonds. The Hall–Kier alpha value is -0.710. The van der Waals surface area contributed by atoms with Crippen molar-refractivity contribution in [1.29, 1.82) is 0 Å². The zero-order valence-corrected chi connectivity index (χ0v) is 8.76. The fourth-order valence-electron chi connectivity index (χ4n) is 1.28. The smallest absolute Gasteiger partial charge is 0.327 e. The van der Waals surface area contributed by atoms with Crippen molar-refractivity contribution in [3.05, 3.63) is 0 Å². The highest BCUT2D eigenvalue weighted by Crippen LogP contribution is 2.29. The summed E-state index contributed by atoms with van der Waals surface area (Å²) in [5, 5.41) is 11.0. The molecule has 0 aromatic carbocycles. The Morgan fingerprint density at radius 2 is 2.36 bits per heavy atom. The predicted octanol–water partition coefficient (Wildman–Crippen LogP) is 0.719. The molecule has 1 aliphatic carbocycles. The molecule has 1 saturated carbocycles. The van der Waals surface area contributed by atoms with Crippen LogP contribution in [-0.2, 0) is 9.59 Å². The lowest BCUT2D eigenvalue weighted by Gasteiger charge is -2.25. The highest BCUT2D eigenvalue weighted by Gasteiger charge is 2.20. The zero-order valence-electron chi connectivity index (χ0n) is 7.94. The van der Waals surface area contributed by atoms with Crippen LogP contribution in [0.15, 0.2) is 0 Å². The molecule has 0 heterocycles. The molecule has 4 nitrogen and oxygen atoms in total. The molecule has 1 fully saturated rings. The molecule has 1 unspecified atom stereocenters. The summed E-state index contributed by atoms with van der Waals surface area (Å²) in [5.41, 5.74) is 0. The van der Waals surface area contributed by atoms with Crippen LogP contribution in [0.25, 0.3) is 0 Å². The Balaban J connectivity index is 2.11. The quantitative estimate of drug-likeness (QED) is 0.617. The first-order valence-electron chi connectivity index (χ1n) is 4.74. The van der Waals surface area contributed by atoms with Gasteiger partial charge in [-0.05, 0) is 24.5 Å². The monoisotopic (exact) mass is 217 g/mol. The molecule has 1 atom stereocenters. The minimum absolute atomic E-state index is 0.447. The number of rotatable bonds is 7. The number of carbonyl (C=O) groups is 2. The van der Waals surface area contributed by atoms with Crippen molar-refractivity contribution in [2.24, 2.45) is 5.92 Å². The van der Waals surface area contributed by atoms with Crippen LogP contribution in [0.2, 0.25) is 0 Å². The minimum atomic E-state index is -0.960. The van der Waals surface area contributed by atoms with Gasteiger partial charge in [0.15, 0.2) is 0 Å². The van der Waals surface area contributed by atoms with Crippen molar-refractivity contribution in [2.45, 2.75) is 25.3 Å². The van der Waals surface area contributed by atoms with E-state index in [2.05, 4.69) is 5.32 Å². The first kappa shape index (κ1) is 11.4. The zero-order chi connectivity index (χ0) is 10.4. The first-order valence-corrected chi connectivity index (χ1v) is 5.89. The third-order valence-corrected chi connectivity index (χ3v) is 3.71. The van der Waals surface area contributed by atoms with E-state index in [1.807, 2.05) is 0 Å². The second-order valence-corrected chi connectivity index (χ2v) is 4.58. The molecule has 0 spiro atoms. The van der Waals surface area contributed by atoms with Crippen LogP contribution in [0.1, 0.15) is 19.3 Å². The number of nitrogens with one attached hydrogen (secondary N) is 1. The van der Waals surface area contributed by atoms with E-state index < -0.39 is 12.0 Å². The molecule has 0 radical (unpaired) electrons. The van der Waals surface area contributed by atoms with Crippen molar-refractivity contribution in [3.63, 3.8) is 0 Å². The Morgan fingerprint density at radius 3 is 2.79 bits per heavy atom. The van der Waals surface area contributed by atoms with Crippen LogP contribution in [0.5, 0.6) is 0 Å². The summed E-state index contributed by atoms with van der Waals surface area (Å²) in [7, 11) is 0. The number of thioether (sulfide) groups is 1. The van der Waals surface area contributed by atoms with Gasteiger partial charge >= 0.3 is 5.97 Å². The highest BCUT2D eigenvalue weighted by atomic mass is 32.2. The summed E-state index contributed by atoms with van der Waals surface area (Å²) in [5.74, 6) is 1.29. The van der Waals surface area contributed by atoms with E-state index in [1.165, 1.54) is 19.3 Å². The molecule has 80 valence electrons. The molecule has 0 aliphatic heterocycles. The molecule has 1 aliphatic rings. The van der Waals surface area contributed by atoms with Gasteiger partial charge in [-0.2, -0.15) is 11.8 Å². The topological polar surface area (TPSA) is 66.4 Å². The van der Waals surface area contributed by atoms with Gasteiger partial charge in [0.25, 0.3) is 0 Å². The molecule has 2 N–H and O–H groups in total. The van der Waals surface area contributed by atoms with Crippen molar-refractivity contribution < 1.29 is 14.7 Å². The summed E-state index contributed by atoms with van der Waals surface area (Å²) < 4.78 is 0. The molecule has 5 heteroatoms. The number of hydrogen-bond acceptors (Lipinski definition) is 3. The van der Waals surface area contributed by atoms with Crippen LogP contribution in [0.3, 0.4) is 0 Å². The van der Waals surface area contributed by atoms with Gasteiger partial charge in [0, 0.05) is 5.75 Å². The second kappa shape index (κ2) is 5.90. The summed E-state index contributed by atoms with van der Waals surface area (Å²) in [4.78, 5) is 20.7. The maximum atomic E-state index is 10.6. The van der Waals surface area contributed by atoms with Gasteiger partial charge in [0.1, 0.15) is 6.04 Å². The van der Waals surface area contributed by atoms with Gasteiger partial charge in [0.2, 0.25) is 6.41 Å². The molecule has 0 aromatic heterocycles. The van der Waals surface area contributed by atoms with Gasteiger partial charge in [-0.25, -0.2) is 4.79 Å². The van der Waals surface area contributed by atoms with Gasteiger partial charge in [-0.3, -0.25) is 4.79 Å². The maximum absolute atomic E-state index is 10.6. The Morgan fingerprint density at radius 1 is 1.64 bits per heavy atom. The van der Waals surface area contributed by atoms with Gasteiger partial charge < -0.3 is 10.4 Å². The SMILES string of the molecule is O=CNC(CSCC1CCC1)C(=O)O. The normalized spacial score (nSPS) is 18.3. The molecule has 0 bridgehead atoms. The number of amides is 1. The van der Waals surface area contributed by atoms with E-state index in [4.69, 9.17) is 5.11 Å². The van der Waals surface area contributed by atoms with Gasteiger partial charge in [0.05, 0.1) is 0 Å². The first-order chi connectivity index (χ1) is 6.74. The van der Waals surface area contributed by atoms with E-state index in [1.54, 1.807) is 11.8 Å². The van der Waals surface area contributed by atoms with E-state index >= 15 is 0 Å². The third-order valence-electron chi connectivity index (χ3n) is 2.43.